The van der Waals surface area contributed by atoms with Crippen LogP contribution in [-0.2, 0) is 141 Å². The summed E-state index contributed by atoms with van der Waals surface area (Å²) in [5.41, 5.74) is 28.0. The number of ether oxygens (including phenoxy) is 11. The summed E-state index contributed by atoms with van der Waals surface area (Å²) in [7, 11) is -27.5. The Morgan fingerprint density at radius 2 is 0.931 bits per heavy atom. The number of carbonyl (C=O) groups excluding carboxylic acids is 1. The van der Waals surface area contributed by atoms with Crippen LogP contribution in [0, 0.1) is 11.8 Å². The van der Waals surface area contributed by atoms with Crippen molar-refractivity contribution < 1.29 is 152 Å². The van der Waals surface area contributed by atoms with E-state index in [0.717, 1.165) is 0 Å². The van der Waals surface area contributed by atoms with Crippen LogP contribution >= 0.6 is 16.9 Å². The average Bonchev–Trinajstić information content (AvgIpc) is 0.764. The molecule has 27 atom stereocenters. The standard InChI is InChI=1S/C47H67B4N9O34P2S5/c1-20-27(17-80-97(64,65)66)86-45(32(57-60-54)41(20)95-50-48-62)89-33-21(2)34(88-43(61)26-14-10-7-11-15-26)46(84-23(33)4)91-36-28(18-81-98(67,68)69)87-44(31(56-59-53)38(36)93-100(73,74)75)90-35-24(5)85-47(40(94-101(76,77)78)39(35)79-16-25-12-8-6-9-13-25)92-37-29(19-82-99(70,71)72)83-22(3)30(55-58-52)42(37)96-51-49-63/h6-15,20-24,27-42,44-47,50-51,95-96H,16-19H2,1-5H3,(H,64,65,66)(H,67,68,69)(H,70,71,72)(H,73,74,75)(H,76,77,78)/t20-,21+,22+,23?,24?,27?,28?,29?,30?,31?,32?,33+,34?,35-,36-,37-,38-,39-,40?,41+,42-,44+,45+,46+,47+/m1/s1. The van der Waals surface area contributed by atoms with Crippen LogP contribution < -0.4 is 0 Å². The van der Waals surface area contributed by atoms with Crippen molar-refractivity contribution in [3.05, 3.63) is 103 Å². The summed E-state index contributed by atoms with van der Waals surface area (Å²) < 4.78 is 292. The summed E-state index contributed by atoms with van der Waals surface area (Å²) in [5.74, 6) is -3.17. The maximum absolute atomic E-state index is 14.2. The molecule has 556 valence electrons. The Morgan fingerprint density at radius 1 is 0.485 bits per heavy atom. The second kappa shape index (κ2) is 37.2. The molecular formula is C47H67B4N9O34P2S5. The summed E-state index contributed by atoms with van der Waals surface area (Å²) >= 11 is 0. The van der Waals surface area contributed by atoms with Crippen LogP contribution in [0.2, 0.25) is 0 Å². The van der Waals surface area contributed by atoms with Gasteiger partial charge in [0.05, 0.1) is 6.61 Å². The van der Waals surface area contributed by atoms with Crippen molar-refractivity contribution in [2.75, 3.05) is 19.8 Å². The number of carbonyl (C=O) groups is 1. The molecule has 43 nitrogen and oxygen atoms in total. The predicted molar refractivity (Wildman–Crippen MR) is 344 cm³/mol. The van der Waals surface area contributed by atoms with Gasteiger partial charge in [-0.2, -0.15) is 16.8 Å². The third-order valence-corrected chi connectivity index (χ3v) is 21.8. The van der Waals surface area contributed by atoms with Gasteiger partial charge < -0.3 is 0 Å². The predicted octanol–water partition coefficient (Wildman–Crippen LogP) is 0.935. The molecule has 0 amide bonds. The Bertz CT molecular complexity index is 3900. The van der Waals surface area contributed by atoms with Crippen molar-refractivity contribution in [2.24, 2.45) is 27.2 Å². The summed E-state index contributed by atoms with van der Waals surface area (Å²) in [5, 5.41) is 11.3. The van der Waals surface area contributed by atoms with Crippen LogP contribution in [0.25, 0.3) is 31.3 Å². The Morgan fingerprint density at radius 3 is 1.48 bits per heavy atom. The Kier molecular flexibility index (Phi) is 30.8. The van der Waals surface area contributed by atoms with Crippen LogP contribution in [0.3, 0.4) is 0 Å². The van der Waals surface area contributed by atoms with Crippen LogP contribution in [-0.4, -0.2) is 259 Å². The van der Waals surface area contributed by atoms with Crippen LogP contribution in [0.4, 0.5) is 0 Å². The van der Waals surface area contributed by atoms with Crippen molar-refractivity contribution in [3.63, 3.8) is 0 Å². The number of esters is 1. The average molecular weight is 1570 g/mol. The van der Waals surface area contributed by atoms with Gasteiger partial charge >= 0.3 is 469 Å². The molecular weight excluding hydrogens is 1500 g/mol. The molecule has 5 aliphatic heterocycles. The molecule has 2 aromatic carbocycles. The maximum atomic E-state index is 14.2. The summed E-state index contributed by atoms with van der Waals surface area (Å²) in [6.07, 6.45) is -34.4. The first kappa shape index (κ1) is 83.8. The number of nitrogens with zero attached hydrogens (tertiary/aromatic N) is 9. The molecule has 5 fully saturated rings. The number of hydrogen-bond donors (Lipinski definition) is 5. The zero-order valence-corrected chi connectivity index (χ0v) is 59.3. The molecule has 0 aromatic heterocycles. The van der Waals surface area contributed by atoms with E-state index in [1.807, 2.05) is 0 Å². The van der Waals surface area contributed by atoms with Gasteiger partial charge in [0, 0.05) is 4.91 Å². The summed E-state index contributed by atoms with van der Waals surface area (Å²) in [6, 6.07) is 9.85. The van der Waals surface area contributed by atoms with Crippen molar-refractivity contribution >= 4 is 103 Å². The number of rotatable bonds is 35. The zero-order chi connectivity index (χ0) is 74.4. The van der Waals surface area contributed by atoms with E-state index in [2.05, 4.69) is 38.4 Å². The molecule has 0 aliphatic carbocycles. The minimum atomic E-state index is -5.92. The molecule has 0 radical (unpaired) electrons. The fourth-order valence-electron chi connectivity index (χ4n) is 12.0. The normalized spacial score (nSPS) is 35.0. The third kappa shape index (κ3) is 24.3. The van der Waals surface area contributed by atoms with E-state index in [1.54, 1.807) is 31.2 Å². The molecule has 0 saturated carbocycles. The van der Waals surface area contributed by atoms with Gasteiger partial charge in [0.2, 0.25) is 0 Å². The third-order valence-electron chi connectivity index (χ3n) is 16.3. The van der Waals surface area contributed by atoms with Gasteiger partial charge in [-0.15, -0.1) is 0 Å². The number of hydrogen-bond acceptors (Lipinski definition) is 32. The van der Waals surface area contributed by atoms with Crippen molar-refractivity contribution in [2.45, 2.75) is 181 Å². The van der Waals surface area contributed by atoms with Crippen molar-refractivity contribution in [1.29, 1.82) is 0 Å². The fourth-order valence-corrected chi connectivity index (χ4v) is 16.8. The molecule has 0 spiro atoms. The van der Waals surface area contributed by atoms with Gasteiger partial charge in [-0.25, -0.2) is 8.37 Å². The van der Waals surface area contributed by atoms with E-state index < -0.39 is 245 Å². The quantitative estimate of drug-likeness (QED) is 0.0122. The van der Waals surface area contributed by atoms with Gasteiger partial charge in [-0.1, -0.05) is 41.5 Å². The molecule has 54 heteroatoms. The van der Waals surface area contributed by atoms with Crippen LogP contribution in [0.15, 0.2) is 76.0 Å². The summed E-state index contributed by atoms with van der Waals surface area (Å²) in [4.78, 5) is 22.8. The molecule has 5 aliphatic rings. The first-order valence-electron chi connectivity index (χ1n) is 29.9. The second-order valence-electron chi connectivity index (χ2n) is 22.9. The molecule has 5 N–H and O–H groups in total. The molecule has 5 heterocycles. The minimum absolute atomic E-state index is 0.0889. The molecule has 12 unspecified atom stereocenters. The van der Waals surface area contributed by atoms with Crippen molar-refractivity contribution in [1.82, 2.24) is 0 Å². The van der Waals surface area contributed by atoms with Gasteiger partial charge in [-0.3, -0.25) is 9.11 Å². The van der Waals surface area contributed by atoms with E-state index in [1.165, 1.54) is 64.1 Å². The van der Waals surface area contributed by atoms with Crippen molar-refractivity contribution in [3.8, 4) is 0 Å². The van der Waals surface area contributed by atoms with Gasteiger partial charge in [0.1, 0.15) is 12.2 Å². The Hall–Kier alpha value is -4.49. The molecule has 7 rings (SSSR count). The van der Waals surface area contributed by atoms with E-state index in [9.17, 15) is 95.7 Å². The number of benzene rings is 2. The molecule has 5 saturated heterocycles. The first-order chi connectivity index (χ1) is 47.5. The molecule has 0 bridgehead atoms. The van der Waals surface area contributed by atoms with E-state index in [0.29, 0.717) is 19.6 Å². The number of azide groups is 3. The fraction of sp³-hybridized carbons (Fsp3) is 0.723. The van der Waals surface area contributed by atoms with Gasteiger partial charge in [0.25, 0.3) is 0 Å². The monoisotopic (exact) mass is 1570 g/mol. The van der Waals surface area contributed by atoms with Crippen LogP contribution in [0.1, 0.15) is 50.5 Å². The van der Waals surface area contributed by atoms with E-state index >= 15 is 0 Å². The van der Waals surface area contributed by atoms with E-state index in [-0.39, 0.29) is 27.8 Å². The molecule has 2 aromatic rings. The Labute approximate surface area is 583 Å². The van der Waals surface area contributed by atoms with Gasteiger partial charge in [-0.05, 0) is 17.7 Å². The second-order valence-corrected chi connectivity index (χ2v) is 31.2. The molecule has 101 heavy (non-hydrogen) atoms. The zero-order valence-electron chi connectivity index (χ0n) is 53.2. The first-order valence-corrected chi connectivity index (χ1v) is 39.3. The summed E-state index contributed by atoms with van der Waals surface area (Å²) in [6.45, 7) is 2.59. The topological polar surface area (TPSA) is 617 Å². The SMILES string of the molecule is CC1O[C@@H](O[C@@H]2C(COS(=O)(=O)O)O[C@@H](O[C@@H]3C(C)O[C@@H](O[C@@H]4C(COS(=O)(=O)O)O[C@@H](C)C(N=[N+]=[N-])[C@H]4PBB=O)C(OS(=O)(=O)O)[C@@H]3OCc3ccccc3)C(N=[N+]=[N-])[C@H]2OS(=O)(=O)O)C(OC(=O)c2ccccc2)[C@@H](C)[C@@H]1O[C@@H]1OC(COS(=O)(=O)O)[C@@H](C)[C@H](PBB=O)C1N=[N+]=[N-]. The van der Waals surface area contributed by atoms with Gasteiger partial charge in [0.15, 0.2) is 0 Å². The van der Waals surface area contributed by atoms with Crippen LogP contribution in [0.5, 0.6) is 0 Å². The Balaban J connectivity index is 1.32. The van der Waals surface area contributed by atoms with E-state index in [4.69, 9.17) is 64.7 Å².